The third-order valence-electron chi connectivity index (χ3n) is 1.38. The number of hydrogen-bond donors (Lipinski definition) is 0. The van der Waals surface area contributed by atoms with Gasteiger partial charge in [0.05, 0.1) is 17.7 Å². The number of thiophene rings is 1. The fourth-order valence-corrected chi connectivity index (χ4v) is 2.36. The molecular weight excluding hydrogens is 192 g/mol. The Kier molecular flexibility index (Phi) is 3.62. The maximum atomic E-state index is 10.9. The molecule has 0 aliphatic heterocycles. The number of methoxy groups -OCH3 is 1. The Labute approximate surface area is 79.9 Å². The van der Waals surface area contributed by atoms with Crippen molar-refractivity contribution in [3.63, 3.8) is 0 Å². The summed E-state index contributed by atoms with van der Waals surface area (Å²) in [5.41, 5.74) is 0. The van der Waals surface area contributed by atoms with Gasteiger partial charge in [0.2, 0.25) is 0 Å². The molecule has 0 aliphatic rings. The zero-order valence-electron chi connectivity index (χ0n) is 6.99. The van der Waals surface area contributed by atoms with Crippen LogP contribution in [0.5, 0.6) is 0 Å². The molecule has 1 aromatic rings. The summed E-state index contributed by atoms with van der Waals surface area (Å²) in [5.74, 6) is -0.176. The molecule has 4 heteroatoms. The number of ether oxygens (including phenoxy) is 1. The van der Waals surface area contributed by atoms with E-state index in [1.165, 1.54) is 11.3 Å². The molecule has 0 bridgehead atoms. The van der Waals surface area contributed by atoms with Gasteiger partial charge in [-0.1, -0.05) is 0 Å². The molecule has 0 atom stereocenters. The van der Waals surface area contributed by atoms with E-state index in [0.717, 1.165) is 4.88 Å². The Hall–Kier alpha value is -0.480. The molecule has 66 valence electrons. The minimum Gasteiger partial charge on any atom is -0.469 e. The molecular formula is C8H10O2S2. The van der Waals surface area contributed by atoms with Gasteiger partial charge in [-0.15, -0.1) is 23.1 Å². The Morgan fingerprint density at radius 2 is 2.42 bits per heavy atom. The fourth-order valence-electron chi connectivity index (χ4n) is 0.777. The van der Waals surface area contributed by atoms with E-state index >= 15 is 0 Å². The molecule has 0 aromatic carbocycles. The van der Waals surface area contributed by atoms with Crippen molar-refractivity contribution in [2.45, 2.75) is 10.6 Å². The molecule has 1 rings (SSSR count). The molecule has 0 fully saturated rings. The summed E-state index contributed by atoms with van der Waals surface area (Å²) in [6.45, 7) is 0. The maximum Gasteiger partial charge on any atom is 0.310 e. The van der Waals surface area contributed by atoms with E-state index in [-0.39, 0.29) is 5.97 Å². The average molecular weight is 202 g/mol. The van der Waals surface area contributed by atoms with Crippen LogP contribution in [-0.4, -0.2) is 19.3 Å². The predicted molar refractivity (Wildman–Crippen MR) is 51.8 cm³/mol. The van der Waals surface area contributed by atoms with Crippen LogP contribution in [0.3, 0.4) is 0 Å². The van der Waals surface area contributed by atoms with E-state index < -0.39 is 0 Å². The van der Waals surface area contributed by atoms with Crippen molar-refractivity contribution in [1.82, 2.24) is 0 Å². The molecule has 0 saturated carbocycles. The minimum atomic E-state index is -0.176. The topological polar surface area (TPSA) is 26.3 Å². The zero-order valence-corrected chi connectivity index (χ0v) is 8.63. The average Bonchev–Trinajstić information content (AvgIpc) is 2.52. The van der Waals surface area contributed by atoms with Crippen molar-refractivity contribution in [2.24, 2.45) is 0 Å². The molecule has 0 unspecified atom stereocenters. The first-order valence-corrected chi connectivity index (χ1v) is 5.50. The van der Waals surface area contributed by atoms with Crippen molar-refractivity contribution in [2.75, 3.05) is 13.4 Å². The number of hydrogen-bond acceptors (Lipinski definition) is 4. The summed E-state index contributed by atoms with van der Waals surface area (Å²) in [4.78, 5) is 11.9. The summed E-state index contributed by atoms with van der Waals surface area (Å²) in [6, 6.07) is 3.99. The molecule has 0 saturated heterocycles. The lowest BCUT2D eigenvalue weighted by Crippen LogP contribution is -2.02. The molecule has 2 nitrogen and oxygen atoms in total. The maximum absolute atomic E-state index is 10.9. The van der Waals surface area contributed by atoms with E-state index in [4.69, 9.17) is 0 Å². The number of carbonyl (C=O) groups excluding carboxylic acids is 1. The summed E-state index contributed by atoms with van der Waals surface area (Å²) in [5, 5.41) is 0. The van der Waals surface area contributed by atoms with E-state index in [1.807, 2.05) is 18.4 Å². The van der Waals surface area contributed by atoms with Gasteiger partial charge in [0, 0.05) is 4.88 Å². The Morgan fingerprint density at radius 1 is 1.67 bits per heavy atom. The molecule has 1 aromatic heterocycles. The third-order valence-corrected chi connectivity index (χ3v) is 3.55. The second-order valence-electron chi connectivity index (χ2n) is 2.18. The highest BCUT2D eigenvalue weighted by Gasteiger charge is 2.04. The second kappa shape index (κ2) is 4.52. The molecule has 0 radical (unpaired) electrons. The number of rotatable bonds is 3. The van der Waals surface area contributed by atoms with Crippen LogP contribution in [0.1, 0.15) is 4.88 Å². The van der Waals surface area contributed by atoms with Gasteiger partial charge < -0.3 is 4.74 Å². The van der Waals surface area contributed by atoms with Crippen molar-refractivity contribution >= 4 is 29.1 Å². The molecule has 0 aliphatic carbocycles. The van der Waals surface area contributed by atoms with Gasteiger partial charge in [0.1, 0.15) is 0 Å². The van der Waals surface area contributed by atoms with Crippen LogP contribution in [0.2, 0.25) is 0 Å². The van der Waals surface area contributed by atoms with Crippen LogP contribution < -0.4 is 0 Å². The van der Waals surface area contributed by atoms with Gasteiger partial charge in [-0.25, -0.2) is 0 Å². The Bertz CT molecular complexity index is 268. The highest BCUT2D eigenvalue weighted by Crippen LogP contribution is 2.25. The smallest absolute Gasteiger partial charge is 0.310 e. The lowest BCUT2D eigenvalue weighted by molar-refractivity contribution is -0.139. The van der Waals surface area contributed by atoms with Gasteiger partial charge in [-0.05, 0) is 18.4 Å². The molecule has 0 amide bonds. The van der Waals surface area contributed by atoms with Crippen LogP contribution >= 0.6 is 23.1 Å². The Morgan fingerprint density at radius 3 is 2.92 bits per heavy atom. The molecule has 1 heterocycles. The second-order valence-corrected chi connectivity index (χ2v) is 4.45. The van der Waals surface area contributed by atoms with Crippen molar-refractivity contribution in [3.05, 3.63) is 17.0 Å². The number of carbonyl (C=O) groups is 1. The number of esters is 1. The number of thioether (sulfide) groups is 1. The van der Waals surface area contributed by atoms with Gasteiger partial charge >= 0.3 is 5.97 Å². The first-order chi connectivity index (χ1) is 5.76. The standard InChI is InChI=1S/C8H10O2S2/c1-10-7(9)5-6-3-4-8(11-2)12-6/h3-4H,5H2,1-2H3. The highest BCUT2D eigenvalue weighted by atomic mass is 32.2. The van der Waals surface area contributed by atoms with Crippen molar-refractivity contribution < 1.29 is 9.53 Å². The van der Waals surface area contributed by atoms with E-state index in [2.05, 4.69) is 4.74 Å². The summed E-state index contributed by atoms with van der Waals surface area (Å²) >= 11 is 3.33. The quantitative estimate of drug-likeness (QED) is 0.555. The van der Waals surface area contributed by atoms with Crippen LogP contribution in [-0.2, 0) is 16.0 Å². The summed E-state index contributed by atoms with van der Waals surface area (Å²) in [7, 11) is 1.41. The summed E-state index contributed by atoms with van der Waals surface area (Å²) < 4.78 is 5.79. The van der Waals surface area contributed by atoms with E-state index in [0.29, 0.717) is 6.42 Å². The first kappa shape index (κ1) is 9.61. The van der Waals surface area contributed by atoms with Gasteiger partial charge in [0.25, 0.3) is 0 Å². The lowest BCUT2D eigenvalue weighted by Gasteiger charge is -1.94. The van der Waals surface area contributed by atoms with Crippen LogP contribution in [0.4, 0.5) is 0 Å². The largest absolute Gasteiger partial charge is 0.469 e. The van der Waals surface area contributed by atoms with Gasteiger partial charge in [0.15, 0.2) is 0 Å². The molecule has 0 spiro atoms. The summed E-state index contributed by atoms with van der Waals surface area (Å²) in [6.07, 6.45) is 2.41. The lowest BCUT2D eigenvalue weighted by atomic mass is 10.3. The highest BCUT2D eigenvalue weighted by molar-refractivity contribution is 8.00. The third kappa shape index (κ3) is 2.53. The minimum absolute atomic E-state index is 0.176. The first-order valence-electron chi connectivity index (χ1n) is 3.45. The monoisotopic (exact) mass is 202 g/mol. The van der Waals surface area contributed by atoms with Crippen molar-refractivity contribution in [3.8, 4) is 0 Å². The van der Waals surface area contributed by atoms with Crippen LogP contribution in [0.15, 0.2) is 16.3 Å². The van der Waals surface area contributed by atoms with Gasteiger partial charge in [-0.2, -0.15) is 0 Å². The van der Waals surface area contributed by atoms with Gasteiger partial charge in [-0.3, -0.25) is 4.79 Å². The van der Waals surface area contributed by atoms with E-state index in [1.54, 1.807) is 23.1 Å². The SMILES string of the molecule is COC(=O)Cc1ccc(SC)s1. The normalized spacial score (nSPS) is 9.83. The molecule has 0 N–H and O–H groups in total. The predicted octanol–water partition coefficient (Wildman–Crippen LogP) is 2.19. The van der Waals surface area contributed by atoms with Crippen molar-refractivity contribution in [1.29, 1.82) is 0 Å². The molecule has 12 heavy (non-hydrogen) atoms. The fraction of sp³-hybridized carbons (Fsp3) is 0.375. The zero-order chi connectivity index (χ0) is 8.97. The Balaban J connectivity index is 2.58. The van der Waals surface area contributed by atoms with E-state index in [9.17, 15) is 4.79 Å². The van der Waals surface area contributed by atoms with Crippen LogP contribution in [0.25, 0.3) is 0 Å². The van der Waals surface area contributed by atoms with Crippen LogP contribution in [0, 0.1) is 0 Å².